The van der Waals surface area contributed by atoms with E-state index < -0.39 is 52.0 Å². The maximum absolute atomic E-state index is 13.5. The van der Waals surface area contributed by atoms with Crippen LogP contribution in [-0.4, -0.2) is 43.5 Å². The molecule has 5 rings (SSSR count). The number of hydrogen-bond donors (Lipinski definition) is 5. The number of phenolic OH excluding ortho intramolecular Hbond substituents is 1. The molecular formula is C24H21NO7S. The first-order valence-electron chi connectivity index (χ1n) is 10.4. The number of primary amides is 1. The molecule has 3 aliphatic carbocycles. The molecule has 0 saturated heterocycles. The zero-order valence-electron chi connectivity index (χ0n) is 17.6. The zero-order valence-corrected chi connectivity index (χ0v) is 18.4. The van der Waals surface area contributed by atoms with Gasteiger partial charge in [0.05, 0.1) is 5.56 Å². The van der Waals surface area contributed by atoms with Crippen molar-refractivity contribution >= 4 is 34.6 Å². The molecule has 0 spiro atoms. The standard InChI is InChI=1S/C24H21NO7S/c1-9-4-5-33-20(9)12-2-3-14(26)17-13(12)7-10-6-11-8-15(27)18(23(25)31)22(30)24(11,32)21(29)16(10)19(17)28/h2-5,10-11,26,28,30,32H,6-8H2,1H3,(H2,25,31)/t10-,11+,24+/m1/s1. The number of hydrogen-bond acceptors (Lipinski definition) is 8. The van der Waals surface area contributed by atoms with Crippen molar-refractivity contribution in [3.63, 3.8) is 0 Å². The SMILES string of the molecule is Cc1ccsc1-c1ccc(O)c2c1C[C@H]1C[C@H]3CC(=O)C(C(N)=O)=C(O)[C@@]3(O)C(=O)C1=C2O. The minimum Gasteiger partial charge on any atom is -0.508 e. The van der Waals surface area contributed by atoms with Crippen LogP contribution in [0.3, 0.4) is 0 Å². The lowest BCUT2D eigenvalue weighted by molar-refractivity contribution is -0.147. The number of carbonyl (C=O) groups is 3. The van der Waals surface area contributed by atoms with E-state index in [9.17, 15) is 34.8 Å². The normalized spacial score (nSPS) is 26.7. The molecule has 1 amide bonds. The fourth-order valence-corrected chi connectivity index (χ4v) is 6.46. The number of benzene rings is 1. The lowest BCUT2D eigenvalue weighted by Crippen LogP contribution is -2.58. The number of Topliss-reactive ketones (excluding diaryl/α,β-unsaturated/α-hetero) is 2. The molecule has 1 aromatic carbocycles. The van der Waals surface area contributed by atoms with Gasteiger partial charge in [0.2, 0.25) is 5.78 Å². The molecule has 1 saturated carbocycles. The minimum absolute atomic E-state index is 0.104. The lowest BCUT2D eigenvalue weighted by Gasteiger charge is -2.46. The fraction of sp³-hybridized carbons (Fsp3) is 0.292. The van der Waals surface area contributed by atoms with Gasteiger partial charge in [-0.25, -0.2) is 0 Å². The van der Waals surface area contributed by atoms with Gasteiger partial charge in [-0.15, -0.1) is 11.3 Å². The average molecular weight is 467 g/mol. The largest absolute Gasteiger partial charge is 0.508 e. The Hall–Kier alpha value is -3.43. The highest BCUT2D eigenvalue weighted by atomic mass is 32.1. The summed E-state index contributed by atoms with van der Waals surface area (Å²) in [6.07, 6.45) is 0.0653. The van der Waals surface area contributed by atoms with E-state index in [1.54, 1.807) is 6.07 Å². The van der Waals surface area contributed by atoms with Crippen LogP contribution < -0.4 is 5.73 Å². The van der Waals surface area contributed by atoms with Crippen LogP contribution in [0.4, 0.5) is 0 Å². The third-order valence-corrected chi connectivity index (χ3v) is 8.10. The Labute approximate surface area is 192 Å². The molecule has 33 heavy (non-hydrogen) atoms. The van der Waals surface area contributed by atoms with Crippen molar-refractivity contribution in [1.29, 1.82) is 0 Å². The molecule has 3 aliphatic rings. The number of aliphatic hydroxyl groups excluding tert-OH is 2. The third-order valence-electron chi connectivity index (χ3n) is 7.05. The van der Waals surface area contributed by atoms with Crippen molar-refractivity contribution in [1.82, 2.24) is 0 Å². The van der Waals surface area contributed by atoms with Crippen LogP contribution >= 0.6 is 11.3 Å². The van der Waals surface area contributed by atoms with Crippen molar-refractivity contribution in [3.05, 3.63) is 57.2 Å². The predicted molar refractivity (Wildman–Crippen MR) is 119 cm³/mol. The van der Waals surface area contributed by atoms with Crippen LogP contribution in [0.15, 0.2) is 40.5 Å². The maximum Gasteiger partial charge on any atom is 0.255 e. The fourth-order valence-electron chi connectivity index (χ4n) is 5.48. The van der Waals surface area contributed by atoms with E-state index in [1.165, 1.54) is 17.4 Å². The summed E-state index contributed by atoms with van der Waals surface area (Å²) in [5, 5.41) is 45.5. The van der Waals surface area contributed by atoms with Crippen molar-refractivity contribution < 1.29 is 34.8 Å². The maximum atomic E-state index is 13.5. The summed E-state index contributed by atoms with van der Waals surface area (Å²) < 4.78 is 0. The highest BCUT2D eigenvalue weighted by Gasteiger charge is 2.60. The van der Waals surface area contributed by atoms with Gasteiger partial charge in [0.15, 0.2) is 11.4 Å². The second kappa shape index (κ2) is 7.03. The van der Waals surface area contributed by atoms with Gasteiger partial charge in [-0.2, -0.15) is 0 Å². The van der Waals surface area contributed by atoms with Crippen LogP contribution in [0.25, 0.3) is 16.2 Å². The van der Waals surface area contributed by atoms with E-state index in [-0.39, 0.29) is 36.1 Å². The van der Waals surface area contributed by atoms with Gasteiger partial charge in [0.1, 0.15) is 22.8 Å². The Morgan fingerprint density at radius 1 is 1.15 bits per heavy atom. The minimum atomic E-state index is -2.55. The number of aliphatic hydroxyl groups is 3. The van der Waals surface area contributed by atoms with Crippen LogP contribution in [0.5, 0.6) is 5.75 Å². The number of carbonyl (C=O) groups excluding carboxylic acids is 3. The van der Waals surface area contributed by atoms with Crippen molar-refractivity contribution in [3.8, 4) is 16.2 Å². The summed E-state index contributed by atoms with van der Waals surface area (Å²) in [6, 6.07) is 5.17. The first kappa shape index (κ1) is 21.4. The Bertz CT molecular complexity index is 1330. The van der Waals surface area contributed by atoms with Crippen molar-refractivity contribution in [2.45, 2.75) is 31.8 Å². The summed E-state index contributed by atoms with van der Waals surface area (Å²) in [5.74, 6) is -6.25. The number of fused-ring (bicyclic) bond motifs is 3. The Kier molecular flexibility index (Phi) is 4.56. The second-order valence-corrected chi connectivity index (χ2v) is 9.74. The summed E-state index contributed by atoms with van der Waals surface area (Å²) in [4.78, 5) is 38.6. The van der Waals surface area contributed by atoms with Gasteiger partial charge in [-0.3, -0.25) is 14.4 Å². The molecule has 2 aromatic rings. The quantitative estimate of drug-likeness (QED) is 0.424. The molecule has 6 N–H and O–H groups in total. The molecule has 0 radical (unpaired) electrons. The van der Waals surface area contributed by atoms with E-state index in [4.69, 9.17) is 5.73 Å². The first-order chi connectivity index (χ1) is 15.6. The van der Waals surface area contributed by atoms with Crippen LogP contribution in [0.2, 0.25) is 0 Å². The highest BCUT2D eigenvalue weighted by molar-refractivity contribution is 7.13. The Balaban J connectivity index is 1.72. The first-order valence-corrected chi connectivity index (χ1v) is 11.3. The molecule has 0 aliphatic heterocycles. The Morgan fingerprint density at radius 3 is 2.52 bits per heavy atom. The number of aryl methyl sites for hydroxylation is 1. The van der Waals surface area contributed by atoms with Crippen LogP contribution in [0, 0.1) is 18.8 Å². The van der Waals surface area contributed by atoms with Gasteiger partial charge in [0, 0.05) is 22.8 Å². The van der Waals surface area contributed by atoms with Gasteiger partial charge in [-0.1, -0.05) is 0 Å². The average Bonchev–Trinajstić information content (AvgIpc) is 3.16. The van der Waals surface area contributed by atoms with Crippen molar-refractivity contribution in [2.75, 3.05) is 0 Å². The number of ketones is 2. The van der Waals surface area contributed by atoms with E-state index in [1.807, 2.05) is 18.4 Å². The molecule has 1 heterocycles. The zero-order chi connectivity index (χ0) is 23.8. The van der Waals surface area contributed by atoms with Crippen LogP contribution in [-0.2, 0) is 20.8 Å². The van der Waals surface area contributed by atoms with E-state index >= 15 is 0 Å². The number of nitrogens with two attached hydrogens (primary N) is 1. The van der Waals surface area contributed by atoms with Crippen molar-refractivity contribution in [2.24, 2.45) is 17.6 Å². The molecule has 9 heteroatoms. The van der Waals surface area contributed by atoms with Gasteiger partial charge in [0.25, 0.3) is 5.91 Å². The topological polar surface area (TPSA) is 158 Å². The number of thiophene rings is 1. The molecule has 1 fully saturated rings. The van der Waals surface area contributed by atoms with Gasteiger partial charge < -0.3 is 26.2 Å². The van der Waals surface area contributed by atoms with Gasteiger partial charge in [-0.05, 0) is 66.0 Å². The monoisotopic (exact) mass is 467 g/mol. The molecule has 0 bridgehead atoms. The molecule has 1 aromatic heterocycles. The molecule has 3 atom stereocenters. The lowest BCUT2D eigenvalue weighted by atomic mass is 9.59. The smallest absolute Gasteiger partial charge is 0.255 e. The number of phenols is 1. The summed E-state index contributed by atoms with van der Waals surface area (Å²) in [6.45, 7) is 1.96. The molecule has 0 unspecified atom stereocenters. The summed E-state index contributed by atoms with van der Waals surface area (Å²) in [7, 11) is 0. The number of aromatic hydroxyl groups is 1. The molecular weight excluding hydrogens is 446 g/mol. The summed E-state index contributed by atoms with van der Waals surface area (Å²) >= 11 is 1.52. The van der Waals surface area contributed by atoms with Crippen LogP contribution in [0.1, 0.15) is 29.5 Å². The highest BCUT2D eigenvalue weighted by Crippen LogP contribution is 2.53. The Morgan fingerprint density at radius 2 is 1.88 bits per heavy atom. The van der Waals surface area contributed by atoms with E-state index in [0.29, 0.717) is 5.56 Å². The van der Waals surface area contributed by atoms with Gasteiger partial charge >= 0.3 is 0 Å². The third kappa shape index (κ3) is 2.75. The number of amides is 1. The molecule has 170 valence electrons. The second-order valence-electron chi connectivity index (χ2n) is 8.83. The number of rotatable bonds is 2. The van der Waals surface area contributed by atoms with E-state index in [2.05, 4.69) is 0 Å². The summed E-state index contributed by atoms with van der Waals surface area (Å²) in [5.41, 5.74) is 4.35. The van der Waals surface area contributed by atoms with E-state index in [0.717, 1.165) is 16.0 Å². The predicted octanol–water partition coefficient (Wildman–Crippen LogP) is 2.46. The molecule has 8 nitrogen and oxygen atoms in total.